The molecule has 0 saturated heterocycles. The fraction of sp³-hybridized carbons (Fsp3) is 0.375. The molecule has 0 unspecified atom stereocenters. The second kappa shape index (κ2) is 2.41. The monoisotopic (exact) mass is 125 g/mol. The molecule has 1 heterocycles. The van der Waals surface area contributed by atoms with E-state index in [-0.39, 0.29) is 0 Å². The first kappa shape index (κ1) is 6.46. The fourth-order valence-electron chi connectivity index (χ4n) is 1.10. The van der Waals surface area contributed by atoms with Crippen LogP contribution in [0.4, 0.5) is 0 Å². The van der Waals surface area contributed by atoms with Crippen LogP contribution in [0.1, 0.15) is 24.5 Å². The Hall–Kier alpha value is -0.253. The van der Waals surface area contributed by atoms with Crippen LogP contribution in [0.25, 0.3) is 0 Å². The van der Waals surface area contributed by atoms with Crippen LogP contribution in [0.2, 0.25) is 0 Å². The van der Waals surface area contributed by atoms with E-state index in [1.54, 1.807) is 0 Å². The van der Waals surface area contributed by atoms with E-state index < -0.39 is 0 Å². The van der Waals surface area contributed by atoms with Crippen molar-refractivity contribution in [3.05, 3.63) is 24.0 Å². The van der Waals surface area contributed by atoms with Crippen molar-refractivity contribution >= 4 is 22.0 Å². The Morgan fingerprint density at radius 3 is 2.70 bits per heavy atom. The summed E-state index contributed by atoms with van der Waals surface area (Å²) in [6.07, 6.45) is 4.64. The number of hydrogen-bond acceptors (Lipinski definition) is 1. The summed E-state index contributed by atoms with van der Waals surface area (Å²) in [5.74, 6) is 0.792. The van der Waals surface area contributed by atoms with Crippen molar-refractivity contribution in [3.8, 4) is 0 Å². The van der Waals surface area contributed by atoms with Crippen molar-refractivity contribution in [2.24, 2.45) is 0 Å². The van der Waals surface area contributed by atoms with Gasteiger partial charge < -0.3 is 0 Å². The zero-order valence-corrected chi connectivity index (χ0v) is 6.17. The molecule has 1 saturated carbocycles. The van der Waals surface area contributed by atoms with E-state index in [4.69, 9.17) is 0 Å². The van der Waals surface area contributed by atoms with Gasteiger partial charge in [0.1, 0.15) is 0 Å². The van der Waals surface area contributed by atoms with Gasteiger partial charge in [0.15, 0.2) is 0 Å². The summed E-state index contributed by atoms with van der Waals surface area (Å²) in [6, 6.07) is 4.29. The molecule has 1 nitrogen and oxygen atoms in total. The first-order chi connectivity index (χ1) is 4.86. The second-order valence-electron chi connectivity index (χ2n) is 3.03. The molecule has 2 rings (SSSR count). The summed E-state index contributed by atoms with van der Waals surface area (Å²) in [6.45, 7) is 0. The zero-order valence-electron chi connectivity index (χ0n) is 6.17. The minimum atomic E-state index is 0.792. The Balaban J connectivity index is 2.28. The van der Waals surface area contributed by atoms with Gasteiger partial charge in [-0.3, -0.25) is 0 Å². The number of rotatable bonds is 1. The summed E-state index contributed by atoms with van der Waals surface area (Å²) >= 11 is 2.07. The van der Waals surface area contributed by atoms with Gasteiger partial charge >= 0.3 is 69.7 Å². The average Bonchev–Trinajstić information content (AvgIpc) is 2.71. The normalized spacial score (nSPS) is 17.4. The molecule has 1 fully saturated rings. The Kier molecular flexibility index (Phi) is 1.56. The summed E-state index contributed by atoms with van der Waals surface area (Å²) in [5, 5.41) is 0. The number of aromatic nitrogens is 1. The van der Waals surface area contributed by atoms with E-state index in [9.17, 15) is 0 Å². The maximum atomic E-state index is 4.34. The summed E-state index contributed by atoms with van der Waals surface area (Å²) in [5.41, 5.74) is 1.28. The van der Waals surface area contributed by atoms with Crippen LogP contribution in [0.5, 0.6) is 0 Å². The van der Waals surface area contributed by atoms with Gasteiger partial charge in [-0.2, -0.15) is 0 Å². The molecular weight excluding hydrogens is 117 g/mol. The predicted molar refractivity (Wildman–Crippen MR) is 41.6 cm³/mol. The molecule has 0 amide bonds. The van der Waals surface area contributed by atoms with Gasteiger partial charge in [0.05, 0.1) is 0 Å². The van der Waals surface area contributed by atoms with Crippen molar-refractivity contribution < 1.29 is 0 Å². The third kappa shape index (κ3) is 1.26. The van der Waals surface area contributed by atoms with Gasteiger partial charge in [-0.25, -0.2) is 0 Å². The molecule has 1 aromatic rings. The van der Waals surface area contributed by atoms with E-state index in [1.165, 1.54) is 22.8 Å². The quantitative estimate of drug-likeness (QED) is 0.505. The summed E-state index contributed by atoms with van der Waals surface area (Å²) < 4.78 is 1.25. The van der Waals surface area contributed by atoms with Crippen LogP contribution >= 0.6 is 0 Å². The van der Waals surface area contributed by atoms with E-state index in [0.717, 1.165) is 5.92 Å². The molecule has 0 aromatic carbocycles. The second-order valence-corrected chi connectivity index (χ2v) is 3.03. The van der Waals surface area contributed by atoms with Gasteiger partial charge in [-0.15, -0.1) is 0 Å². The molecule has 0 spiro atoms. The zero-order chi connectivity index (χ0) is 6.97. The molecule has 1 aliphatic carbocycles. The fourth-order valence-corrected chi connectivity index (χ4v) is 1.10. The average molecular weight is 125 g/mol. The van der Waals surface area contributed by atoms with Crippen LogP contribution in [-0.2, 0) is 0 Å². The molecule has 0 aliphatic heterocycles. The molecule has 0 atom stereocenters. The third-order valence-corrected chi connectivity index (χ3v) is 1.93. The van der Waals surface area contributed by atoms with Crippen LogP contribution in [0.15, 0.2) is 18.3 Å². The maximum absolute atomic E-state index is 4.34. The van der Waals surface area contributed by atoms with Crippen LogP contribution in [0.3, 0.4) is 0 Å². The number of nitrogens with zero attached hydrogens (tertiary/aromatic N) is 1. The predicted octanol–water partition coefficient (Wildman–Crippen LogP) is 0.753. The van der Waals surface area contributed by atoms with Crippen LogP contribution in [-0.4, -0.2) is 22.7 Å². The molecule has 10 heavy (non-hydrogen) atoms. The molecule has 46 valence electrons. The van der Waals surface area contributed by atoms with Gasteiger partial charge in [0.2, 0.25) is 0 Å². The first-order valence-corrected chi connectivity index (χ1v) is 3.79. The van der Waals surface area contributed by atoms with E-state index >= 15 is 0 Å². The molecule has 0 N–H and O–H groups in total. The number of hydrogen-bond donors (Lipinski definition) is 0. The Morgan fingerprint density at radius 1 is 1.40 bits per heavy atom. The molecule has 2 heteroatoms. The molecule has 0 bridgehead atoms. The van der Waals surface area contributed by atoms with Gasteiger partial charge in [-0.05, 0) is 0 Å². The van der Waals surface area contributed by atoms with Gasteiger partial charge in [0.25, 0.3) is 0 Å². The van der Waals surface area contributed by atoms with Crippen LogP contribution in [0, 0.1) is 0 Å². The van der Waals surface area contributed by atoms with Crippen molar-refractivity contribution in [1.82, 2.24) is 4.98 Å². The number of pyridine rings is 1. The minimum absolute atomic E-state index is 0.792. The molecular formula is C8H8LiN. The SMILES string of the molecule is [Li][c]1ccc(C2CC2)nc1. The van der Waals surface area contributed by atoms with Crippen molar-refractivity contribution in [3.63, 3.8) is 0 Å². The summed E-state index contributed by atoms with van der Waals surface area (Å²) in [7, 11) is 0. The van der Waals surface area contributed by atoms with Crippen molar-refractivity contribution in [2.75, 3.05) is 0 Å². The molecule has 0 radical (unpaired) electrons. The standard InChI is InChI=1S/C8H8N.Li/c1-2-6-9-8(3-1)7-4-5-7;/h1,3,6-7H,4-5H2;. The molecule has 1 aromatic heterocycles. The summed E-state index contributed by atoms with van der Waals surface area (Å²) in [4.78, 5) is 4.34. The molecule has 1 aliphatic rings. The Labute approximate surface area is 70.1 Å². The Morgan fingerprint density at radius 2 is 2.20 bits per heavy atom. The first-order valence-electron chi connectivity index (χ1n) is 3.79. The van der Waals surface area contributed by atoms with E-state index in [2.05, 4.69) is 34.8 Å². The van der Waals surface area contributed by atoms with Crippen LogP contribution < -0.4 is 4.24 Å². The topological polar surface area (TPSA) is 12.9 Å². The van der Waals surface area contributed by atoms with E-state index in [0.29, 0.717) is 0 Å². The third-order valence-electron chi connectivity index (χ3n) is 1.93. The Bertz CT molecular complexity index is 226. The van der Waals surface area contributed by atoms with Gasteiger partial charge in [-0.1, -0.05) is 0 Å². The van der Waals surface area contributed by atoms with Gasteiger partial charge in [0, 0.05) is 0 Å². The van der Waals surface area contributed by atoms with E-state index in [1.807, 2.05) is 6.20 Å². The van der Waals surface area contributed by atoms with Crippen molar-refractivity contribution in [2.45, 2.75) is 18.8 Å². The van der Waals surface area contributed by atoms with Crippen molar-refractivity contribution in [1.29, 1.82) is 0 Å².